The number of nitrogens with zero attached hydrogens (tertiary/aromatic N) is 1. The quantitative estimate of drug-likeness (QED) is 0.664. The maximum Gasteiger partial charge on any atom is 0.374 e. The highest BCUT2D eigenvalue weighted by Gasteiger charge is 2.27. The predicted octanol–water partition coefficient (Wildman–Crippen LogP) is 2.22. The number of rotatable bonds is 5. The van der Waals surface area contributed by atoms with Gasteiger partial charge in [0.2, 0.25) is 5.76 Å². The van der Waals surface area contributed by atoms with E-state index >= 15 is 0 Å². The predicted molar refractivity (Wildman–Crippen MR) is 107 cm³/mol. The molecule has 1 aromatic heterocycles. The molecule has 0 unspecified atom stereocenters. The van der Waals surface area contributed by atoms with Crippen molar-refractivity contribution in [3.8, 4) is 5.75 Å². The van der Waals surface area contributed by atoms with Gasteiger partial charge in [0.05, 0.1) is 38.3 Å². The number of quaternary nitrogens is 1. The molecule has 146 valence electrons. The normalized spacial score (nSPS) is 15.1. The molecule has 0 spiro atoms. The fourth-order valence-corrected chi connectivity index (χ4v) is 3.81. The fraction of sp³-hybridized carbons (Fsp3) is 0.318. The highest BCUT2D eigenvalue weighted by atomic mass is 16.5. The van der Waals surface area contributed by atoms with Crippen LogP contribution in [0.15, 0.2) is 52.9 Å². The molecule has 28 heavy (non-hydrogen) atoms. The number of ether oxygens (including phenoxy) is 1. The molecule has 0 saturated carbocycles. The molecule has 3 aromatic rings. The Labute approximate surface area is 163 Å². The van der Waals surface area contributed by atoms with Gasteiger partial charge in [-0.1, -0.05) is 18.2 Å². The van der Waals surface area contributed by atoms with E-state index in [1.807, 2.05) is 36.4 Å². The number of hydrogen-bond donors (Lipinski definition) is 2. The first-order valence-electron chi connectivity index (χ1n) is 9.70. The van der Waals surface area contributed by atoms with Gasteiger partial charge in [0, 0.05) is 11.1 Å². The summed E-state index contributed by atoms with van der Waals surface area (Å²) in [7, 11) is 0. The first-order chi connectivity index (χ1) is 13.7. The van der Waals surface area contributed by atoms with Crippen LogP contribution in [0.2, 0.25) is 0 Å². The second-order valence-electron chi connectivity index (χ2n) is 7.06. The van der Waals surface area contributed by atoms with E-state index < -0.39 is 5.97 Å². The van der Waals surface area contributed by atoms with E-state index in [2.05, 4.69) is 4.90 Å². The van der Waals surface area contributed by atoms with Crippen molar-refractivity contribution in [1.29, 1.82) is 0 Å². The molecule has 2 aromatic carbocycles. The second-order valence-corrected chi connectivity index (χ2v) is 7.06. The minimum atomic E-state index is -0.393. The summed E-state index contributed by atoms with van der Waals surface area (Å²) < 4.78 is 11.0. The Morgan fingerprint density at radius 2 is 1.86 bits per heavy atom. The third-order valence-electron chi connectivity index (χ3n) is 5.27. The van der Waals surface area contributed by atoms with E-state index in [-0.39, 0.29) is 5.75 Å². The molecule has 2 N–H and O–H groups in total. The lowest BCUT2D eigenvalue weighted by Crippen LogP contribution is -3.13. The van der Waals surface area contributed by atoms with Gasteiger partial charge < -0.3 is 24.1 Å². The van der Waals surface area contributed by atoms with Crippen LogP contribution >= 0.6 is 0 Å². The van der Waals surface area contributed by atoms with Crippen LogP contribution in [0.25, 0.3) is 11.0 Å². The van der Waals surface area contributed by atoms with Crippen molar-refractivity contribution < 1.29 is 24.0 Å². The number of fused-ring (bicyclic) bond motifs is 1. The molecule has 6 nitrogen and oxygen atoms in total. The molecule has 0 radical (unpaired) electrons. The van der Waals surface area contributed by atoms with Crippen LogP contribution in [0, 0.1) is 0 Å². The summed E-state index contributed by atoms with van der Waals surface area (Å²) in [5, 5.41) is 10.5. The van der Waals surface area contributed by atoms with E-state index in [1.54, 1.807) is 19.1 Å². The molecule has 0 atom stereocenters. The van der Waals surface area contributed by atoms with Crippen molar-refractivity contribution in [3.63, 3.8) is 0 Å². The summed E-state index contributed by atoms with van der Waals surface area (Å²) in [6, 6.07) is 15.1. The zero-order chi connectivity index (χ0) is 19.5. The van der Waals surface area contributed by atoms with Crippen LogP contribution in [0.5, 0.6) is 5.75 Å². The van der Waals surface area contributed by atoms with Crippen molar-refractivity contribution >= 4 is 22.6 Å². The zero-order valence-electron chi connectivity index (χ0n) is 16.0. The molecule has 4 rings (SSSR count). The minimum Gasteiger partial charge on any atom is -0.508 e. The molecule has 1 saturated heterocycles. The van der Waals surface area contributed by atoms with Crippen molar-refractivity contribution in [2.45, 2.75) is 13.5 Å². The van der Waals surface area contributed by atoms with Crippen LogP contribution in [0.4, 0.5) is 5.69 Å². The van der Waals surface area contributed by atoms with Gasteiger partial charge in [0.1, 0.15) is 17.9 Å². The fourth-order valence-electron chi connectivity index (χ4n) is 3.81. The van der Waals surface area contributed by atoms with Gasteiger partial charge in [-0.15, -0.1) is 0 Å². The molecule has 1 aliphatic heterocycles. The van der Waals surface area contributed by atoms with Crippen molar-refractivity contribution in [1.82, 2.24) is 0 Å². The van der Waals surface area contributed by atoms with Gasteiger partial charge in [0.15, 0.2) is 0 Å². The largest absolute Gasteiger partial charge is 0.508 e. The monoisotopic (exact) mass is 381 g/mol. The molecular weight excluding hydrogens is 356 g/mol. The first-order valence-corrected chi connectivity index (χ1v) is 9.70. The Morgan fingerprint density at radius 1 is 1.14 bits per heavy atom. The lowest BCUT2D eigenvalue weighted by Gasteiger charge is -2.33. The van der Waals surface area contributed by atoms with Gasteiger partial charge in [-0.05, 0) is 37.3 Å². The smallest absolute Gasteiger partial charge is 0.374 e. The molecule has 0 amide bonds. The second kappa shape index (κ2) is 7.94. The lowest BCUT2D eigenvalue weighted by atomic mass is 10.1. The minimum absolute atomic E-state index is 0.284. The molecule has 1 aliphatic rings. The third-order valence-corrected chi connectivity index (χ3v) is 5.27. The van der Waals surface area contributed by atoms with Crippen molar-refractivity contribution in [3.05, 3.63) is 59.9 Å². The number of aromatic hydroxyl groups is 1. The van der Waals surface area contributed by atoms with Gasteiger partial charge in [-0.25, -0.2) is 4.79 Å². The van der Waals surface area contributed by atoms with Crippen LogP contribution in [0.3, 0.4) is 0 Å². The van der Waals surface area contributed by atoms with Gasteiger partial charge in [-0.3, -0.25) is 0 Å². The van der Waals surface area contributed by atoms with Crippen LogP contribution in [-0.4, -0.2) is 43.9 Å². The standard InChI is InChI=1S/C22H24N2O4/c1-2-27-22(26)21-19(18-5-3-4-6-20(18)28-21)15-23-11-13-24(14-12-23)16-7-9-17(25)10-8-16/h3-10,25H,2,11-15H2,1H3/p+1. The number of hydrogen-bond acceptors (Lipinski definition) is 5. The zero-order valence-corrected chi connectivity index (χ0v) is 16.0. The topological polar surface area (TPSA) is 67.3 Å². The molecule has 1 fully saturated rings. The van der Waals surface area contributed by atoms with Gasteiger partial charge in [-0.2, -0.15) is 0 Å². The van der Waals surface area contributed by atoms with E-state index in [0.29, 0.717) is 12.4 Å². The number of carbonyl (C=O) groups excluding carboxylic acids is 1. The molecule has 0 aliphatic carbocycles. The first kappa shape index (κ1) is 18.4. The third kappa shape index (κ3) is 3.68. The SMILES string of the molecule is CCOC(=O)c1oc2ccccc2c1C[NH+]1CCN(c2ccc(O)cc2)CC1. The number of furan rings is 1. The summed E-state index contributed by atoms with van der Waals surface area (Å²) in [6.45, 7) is 6.62. The highest BCUT2D eigenvalue weighted by Crippen LogP contribution is 2.26. The highest BCUT2D eigenvalue weighted by molar-refractivity contribution is 5.96. The number of benzene rings is 2. The van der Waals surface area contributed by atoms with Crippen molar-refractivity contribution in [2.75, 3.05) is 37.7 Å². The Kier molecular flexibility index (Phi) is 5.21. The maximum atomic E-state index is 12.4. The van der Waals surface area contributed by atoms with Crippen LogP contribution in [0.1, 0.15) is 23.0 Å². The number of phenols is 1. The Morgan fingerprint density at radius 3 is 2.57 bits per heavy atom. The van der Waals surface area contributed by atoms with Crippen LogP contribution in [-0.2, 0) is 11.3 Å². The average Bonchev–Trinajstić information content (AvgIpc) is 3.08. The molecule has 6 heteroatoms. The average molecular weight is 381 g/mol. The number of esters is 1. The summed E-state index contributed by atoms with van der Waals surface area (Å²) >= 11 is 0. The van der Waals surface area contributed by atoms with Crippen molar-refractivity contribution in [2.24, 2.45) is 0 Å². The van der Waals surface area contributed by atoms with Gasteiger partial charge >= 0.3 is 5.97 Å². The number of piperazine rings is 1. The van der Waals surface area contributed by atoms with Gasteiger partial charge in [0.25, 0.3) is 0 Å². The lowest BCUT2D eigenvalue weighted by molar-refractivity contribution is -0.914. The Hall–Kier alpha value is -2.99. The number of carbonyl (C=O) groups is 1. The van der Waals surface area contributed by atoms with E-state index in [4.69, 9.17) is 9.15 Å². The van der Waals surface area contributed by atoms with E-state index in [9.17, 15) is 9.90 Å². The summed E-state index contributed by atoms with van der Waals surface area (Å²) in [4.78, 5) is 16.1. The maximum absolute atomic E-state index is 12.4. The van der Waals surface area contributed by atoms with Crippen LogP contribution < -0.4 is 9.80 Å². The Bertz CT molecular complexity index is 956. The summed E-state index contributed by atoms with van der Waals surface area (Å²) in [6.07, 6.45) is 0. The molecule has 0 bridgehead atoms. The Balaban J connectivity index is 1.50. The van der Waals surface area contributed by atoms with E-state index in [1.165, 1.54) is 4.90 Å². The number of para-hydroxylation sites is 1. The molecule has 2 heterocycles. The van der Waals surface area contributed by atoms with E-state index in [0.717, 1.165) is 54.9 Å². The number of phenolic OH excluding ortho intramolecular Hbond substituents is 1. The number of anilines is 1. The molecular formula is C22H25N2O4+. The summed E-state index contributed by atoms with van der Waals surface area (Å²) in [5.41, 5.74) is 2.78. The number of nitrogens with one attached hydrogen (secondary N) is 1. The summed E-state index contributed by atoms with van der Waals surface area (Å²) in [5.74, 6) is 0.221.